The number of likely N-dealkylation sites (tertiary alicyclic amines) is 1. The number of amides is 1. The first-order valence-corrected chi connectivity index (χ1v) is 6.17. The summed E-state index contributed by atoms with van der Waals surface area (Å²) in [6, 6.07) is 1.33. The number of H-pyrrole nitrogens is 1. The first-order valence-electron chi connectivity index (χ1n) is 6.17. The molecule has 1 N–H and O–H groups in total. The molecule has 0 radical (unpaired) electrons. The molecule has 0 saturated carbocycles. The van der Waals surface area contributed by atoms with Crippen molar-refractivity contribution in [3.05, 3.63) is 34.2 Å². The van der Waals surface area contributed by atoms with E-state index >= 15 is 0 Å². The van der Waals surface area contributed by atoms with E-state index in [9.17, 15) is 14.4 Å². The van der Waals surface area contributed by atoms with Gasteiger partial charge < -0.3 is 14.6 Å². The number of hydrogen-bond acceptors (Lipinski definition) is 4. The van der Waals surface area contributed by atoms with Crippen LogP contribution >= 0.6 is 0 Å². The number of piperidine rings is 1. The van der Waals surface area contributed by atoms with E-state index in [1.54, 1.807) is 4.90 Å². The molecule has 1 aliphatic heterocycles. The number of carbonyl (C=O) groups excluding carboxylic acids is 2. The minimum Gasteiger partial charge on any atom is -0.469 e. The predicted octanol–water partition coefficient (Wildman–Crippen LogP) is 0.400. The van der Waals surface area contributed by atoms with Gasteiger partial charge in [-0.2, -0.15) is 0 Å². The molecule has 6 nitrogen and oxygen atoms in total. The van der Waals surface area contributed by atoms with E-state index in [1.165, 1.54) is 25.6 Å². The van der Waals surface area contributed by atoms with E-state index in [0.29, 0.717) is 25.9 Å². The Morgan fingerprint density at radius 2 is 2.05 bits per heavy atom. The molecule has 19 heavy (non-hydrogen) atoms. The first kappa shape index (κ1) is 13.3. The van der Waals surface area contributed by atoms with Gasteiger partial charge in [0.15, 0.2) is 5.43 Å². The van der Waals surface area contributed by atoms with Gasteiger partial charge in [-0.15, -0.1) is 0 Å². The summed E-state index contributed by atoms with van der Waals surface area (Å²) in [4.78, 5) is 39.5. The van der Waals surface area contributed by atoms with Crippen LogP contribution in [0.5, 0.6) is 0 Å². The number of aromatic amines is 1. The second kappa shape index (κ2) is 5.69. The van der Waals surface area contributed by atoms with Crippen LogP contribution in [-0.4, -0.2) is 42.0 Å². The van der Waals surface area contributed by atoms with Crippen LogP contribution in [0.2, 0.25) is 0 Å². The maximum atomic E-state index is 12.2. The van der Waals surface area contributed by atoms with E-state index < -0.39 is 0 Å². The molecule has 0 bridgehead atoms. The van der Waals surface area contributed by atoms with Crippen molar-refractivity contribution in [2.45, 2.75) is 12.8 Å². The number of esters is 1. The molecule has 0 aliphatic carbocycles. The van der Waals surface area contributed by atoms with Gasteiger partial charge in [0.2, 0.25) is 0 Å². The van der Waals surface area contributed by atoms with Gasteiger partial charge in [0, 0.05) is 31.5 Å². The molecule has 2 heterocycles. The number of aromatic nitrogens is 1. The van der Waals surface area contributed by atoms with Gasteiger partial charge in [0.25, 0.3) is 5.91 Å². The monoisotopic (exact) mass is 264 g/mol. The maximum absolute atomic E-state index is 12.2. The number of nitrogens with one attached hydrogen (secondary N) is 1. The average Bonchev–Trinajstić information content (AvgIpc) is 2.46. The molecule has 0 spiro atoms. The lowest BCUT2D eigenvalue weighted by atomic mass is 9.96. The Hall–Kier alpha value is -2.11. The maximum Gasteiger partial charge on any atom is 0.308 e. The molecule has 6 heteroatoms. The molecule has 0 unspecified atom stereocenters. The van der Waals surface area contributed by atoms with Gasteiger partial charge in [-0.3, -0.25) is 14.4 Å². The second-order valence-corrected chi connectivity index (χ2v) is 4.51. The van der Waals surface area contributed by atoms with Crippen LogP contribution in [0.4, 0.5) is 0 Å². The quantitative estimate of drug-likeness (QED) is 0.784. The summed E-state index contributed by atoms with van der Waals surface area (Å²) in [6.07, 6.45) is 4.05. The zero-order chi connectivity index (χ0) is 13.8. The van der Waals surface area contributed by atoms with Crippen molar-refractivity contribution >= 4 is 11.9 Å². The lowest BCUT2D eigenvalue weighted by molar-refractivity contribution is -0.146. The van der Waals surface area contributed by atoms with E-state index in [4.69, 9.17) is 4.74 Å². The highest BCUT2D eigenvalue weighted by Crippen LogP contribution is 2.19. The van der Waals surface area contributed by atoms with Gasteiger partial charge in [0.05, 0.1) is 13.0 Å². The van der Waals surface area contributed by atoms with Gasteiger partial charge >= 0.3 is 5.97 Å². The van der Waals surface area contributed by atoms with Crippen molar-refractivity contribution in [3.8, 4) is 0 Å². The molecule has 0 aromatic carbocycles. The summed E-state index contributed by atoms with van der Waals surface area (Å²) in [5, 5.41) is 0. The third-order valence-corrected chi connectivity index (χ3v) is 3.37. The molecule has 1 amide bonds. The third-order valence-electron chi connectivity index (χ3n) is 3.37. The molecule has 102 valence electrons. The van der Waals surface area contributed by atoms with E-state index in [0.717, 1.165) is 0 Å². The zero-order valence-electron chi connectivity index (χ0n) is 10.7. The lowest BCUT2D eigenvalue weighted by Crippen LogP contribution is -2.41. The number of nitrogens with zero attached hydrogens (tertiary/aromatic N) is 1. The summed E-state index contributed by atoms with van der Waals surface area (Å²) >= 11 is 0. The van der Waals surface area contributed by atoms with Gasteiger partial charge in [-0.05, 0) is 12.8 Å². The predicted molar refractivity (Wildman–Crippen MR) is 67.7 cm³/mol. The van der Waals surface area contributed by atoms with Crippen molar-refractivity contribution in [2.24, 2.45) is 5.92 Å². The fourth-order valence-corrected chi connectivity index (χ4v) is 2.24. The summed E-state index contributed by atoms with van der Waals surface area (Å²) in [6.45, 7) is 0.930. The molecule has 1 aromatic rings. The number of ether oxygens (including phenoxy) is 1. The standard InChI is InChI=1S/C13H16N2O4/c1-19-13(18)9-3-6-15(7-4-9)12(17)10-8-14-5-2-11(10)16/h2,5,8-9H,3-4,6-7H2,1H3,(H,14,16). The minimum atomic E-state index is -0.293. The largest absolute Gasteiger partial charge is 0.469 e. The molecule has 0 atom stereocenters. The highest BCUT2D eigenvalue weighted by Gasteiger charge is 2.28. The fraction of sp³-hybridized carbons (Fsp3) is 0.462. The Morgan fingerprint density at radius 3 is 2.63 bits per heavy atom. The molecule has 2 rings (SSSR count). The summed E-state index contributed by atoms with van der Waals surface area (Å²) in [5.41, 5.74) is -0.155. The SMILES string of the molecule is COC(=O)C1CCN(C(=O)c2c[nH]ccc2=O)CC1. The molecule has 1 saturated heterocycles. The van der Waals surface area contributed by atoms with Crippen molar-refractivity contribution < 1.29 is 14.3 Å². The van der Waals surface area contributed by atoms with E-state index in [1.807, 2.05) is 0 Å². The van der Waals surface area contributed by atoms with Crippen LogP contribution in [0.15, 0.2) is 23.3 Å². The number of hydrogen-bond donors (Lipinski definition) is 1. The van der Waals surface area contributed by atoms with Gasteiger partial charge in [-0.25, -0.2) is 0 Å². The summed E-state index contributed by atoms with van der Waals surface area (Å²) in [5.74, 6) is -0.669. The Labute approximate surface area is 110 Å². The van der Waals surface area contributed by atoms with E-state index in [-0.39, 0.29) is 28.8 Å². The topological polar surface area (TPSA) is 79.5 Å². The van der Waals surface area contributed by atoms with Crippen LogP contribution in [0.1, 0.15) is 23.2 Å². The lowest BCUT2D eigenvalue weighted by Gasteiger charge is -2.30. The van der Waals surface area contributed by atoms with Crippen LogP contribution in [0.25, 0.3) is 0 Å². The summed E-state index contributed by atoms with van der Waals surface area (Å²) < 4.78 is 4.69. The third kappa shape index (κ3) is 2.83. The minimum absolute atomic E-state index is 0.138. The van der Waals surface area contributed by atoms with Crippen LogP contribution < -0.4 is 5.43 Å². The van der Waals surface area contributed by atoms with Crippen molar-refractivity contribution in [1.29, 1.82) is 0 Å². The number of carbonyl (C=O) groups is 2. The Balaban J connectivity index is 2.02. The van der Waals surface area contributed by atoms with Crippen LogP contribution in [0, 0.1) is 5.92 Å². The number of pyridine rings is 1. The fourth-order valence-electron chi connectivity index (χ4n) is 2.24. The van der Waals surface area contributed by atoms with Crippen LogP contribution in [-0.2, 0) is 9.53 Å². The van der Waals surface area contributed by atoms with Crippen molar-refractivity contribution in [1.82, 2.24) is 9.88 Å². The molecule has 1 aliphatic rings. The van der Waals surface area contributed by atoms with Crippen LogP contribution in [0.3, 0.4) is 0 Å². The Kier molecular flexibility index (Phi) is 3.99. The first-order chi connectivity index (χ1) is 9.13. The normalized spacial score (nSPS) is 16.2. The molecular weight excluding hydrogens is 248 g/mol. The number of methoxy groups -OCH3 is 1. The highest BCUT2D eigenvalue weighted by atomic mass is 16.5. The molecule has 1 aromatic heterocycles. The smallest absolute Gasteiger partial charge is 0.308 e. The van der Waals surface area contributed by atoms with Crippen molar-refractivity contribution in [2.75, 3.05) is 20.2 Å². The molecular formula is C13H16N2O4. The average molecular weight is 264 g/mol. The Morgan fingerprint density at radius 1 is 1.37 bits per heavy atom. The molecule has 1 fully saturated rings. The second-order valence-electron chi connectivity index (χ2n) is 4.51. The summed E-state index contributed by atoms with van der Waals surface area (Å²) in [7, 11) is 1.36. The van der Waals surface area contributed by atoms with Gasteiger partial charge in [0.1, 0.15) is 5.56 Å². The highest BCUT2D eigenvalue weighted by molar-refractivity contribution is 5.93. The van der Waals surface area contributed by atoms with Crippen molar-refractivity contribution in [3.63, 3.8) is 0 Å². The van der Waals surface area contributed by atoms with Gasteiger partial charge in [-0.1, -0.05) is 0 Å². The van der Waals surface area contributed by atoms with E-state index in [2.05, 4.69) is 4.98 Å². The number of rotatable bonds is 2. The Bertz CT molecular complexity index is 529. The zero-order valence-corrected chi connectivity index (χ0v) is 10.7.